The van der Waals surface area contributed by atoms with Crippen LogP contribution in [0.2, 0.25) is 0 Å². The summed E-state index contributed by atoms with van der Waals surface area (Å²) < 4.78 is 5.25. The van der Waals surface area contributed by atoms with Gasteiger partial charge < -0.3 is 20.3 Å². The molecule has 3 N–H and O–H groups in total. The zero-order chi connectivity index (χ0) is 24.1. The number of carbonyl (C=O) groups is 1. The molecular formula is C24H31N7O2S. The fraction of sp³-hybridized carbons (Fsp3) is 0.417. The molecule has 0 radical (unpaired) electrons. The van der Waals surface area contributed by atoms with Crippen LogP contribution in [-0.4, -0.2) is 54.3 Å². The van der Waals surface area contributed by atoms with Gasteiger partial charge in [0.05, 0.1) is 12.8 Å². The maximum atomic E-state index is 12.5. The zero-order valence-corrected chi connectivity index (χ0v) is 20.8. The Hall–Kier alpha value is -3.24. The SMILES string of the molecule is COc1ccc(C(C)(C)c2csc(NC(=O)NCc3cnc(N4CCNCC4)nc3C)n2)cc1. The monoisotopic (exact) mass is 481 g/mol. The Kier molecular flexibility index (Phi) is 7.28. The summed E-state index contributed by atoms with van der Waals surface area (Å²) in [5, 5.41) is 11.6. The van der Waals surface area contributed by atoms with E-state index in [4.69, 9.17) is 4.74 Å². The summed E-state index contributed by atoms with van der Waals surface area (Å²) in [6.45, 7) is 10.2. The summed E-state index contributed by atoms with van der Waals surface area (Å²) in [6, 6.07) is 7.65. The maximum absolute atomic E-state index is 12.5. The molecule has 0 saturated carbocycles. The summed E-state index contributed by atoms with van der Waals surface area (Å²) in [7, 11) is 1.65. The van der Waals surface area contributed by atoms with Gasteiger partial charge in [-0.15, -0.1) is 11.3 Å². The number of amides is 2. The van der Waals surface area contributed by atoms with Crippen LogP contribution < -0.4 is 25.6 Å². The van der Waals surface area contributed by atoms with Gasteiger partial charge in [0.25, 0.3) is 0 Å². The van der Waals surface area contributed by atoms with Crippen molar-refractivity contribution in [3.05, 3.63) is 58.4 Å². The first-order valence-corrected chi connectivity index (χ1v) is 12.2. The number of rotatable bonds is 7. The average molecular weight is 482 g/mol. The lowest BCUT2D eigenvalue weighted by Crippen LogP contribution is -2.44. The van der Waals surface area contributed by atoms with Gasteiger partial charge in [0.2, 0.25) is 5.95 Å². The molecular weight excluding hydrogens is 450 g/mol. The lowest BCUT2D eigenvalue weighted by Gasteiger charge is -2.27. The first-order chi connectivity index (χ1) is 16.4. The Morgan fingerprint density at radius 3 is 2.62 bits per heavy atom. The highest BCUT2D eigenvalue weighted by molar-refractivity contribution is 7.13. The van der Waals surface area contributed by atoms with Gasteiger partial charge in [0.1, 0.15) is 5.75 Å². The van der Waals surface area contributed by atoms with Crippen molar-refractivity contribution in [2.45, 2.75) is 32.7 Å². The summed E-state index contributed by atoms with van der Waals surface area (Å²) in [6.07, 6.45) is 1.79. The smallest absolute Gasteiger partial charge is 0.321 e. The second kappa shape index (κ2) is 10.4. The number of piperazine rings is 1. The van der Waals surface area contributed by atoms with Gasteiger partial charge in [-0.05, 0) is 24.6 Å². The van der Waals surface area contributed by atoms with Gasteiger partial charge in [0.15, 0.2) is 5.13 Å². The number of nitrogens with one attached hydrogen (secondary N) is 3. The molecule has 1 aliphatic rings. The van der Waals surface area contributed by atoms with Crippen LogP contribution in [-0.2, 0) is 12.0 Å². The van der Waals surface area contributed by atoms with Crippen LogP contribution in [0.5, 0.6) is 5.75 Å². The molecule has 1 saturated heterocycles. The van der Waals surface area contributed by atoms with E-state index < -0.39 is 0 Å². The third-order valence-electron chi connectivity index (χ3n) is 6.08. The van der Waals surface area contributed by atoms with E-state index in [0.717, 1.165) is 60.4 Å². The Morgan fingerprint density at radius 2 is 1.94 bits per heavy atom. The van der Waals surface area contributed by atoms with Crippen molar-refractivity contribution < 1.29 is 9.53 Å². The first kappa shape index (κ1) is 23.9. The molecule has 1 aliphatic heterocycles. The minimum atomic E-state index is -0.311. The van der Waals surface area contributed by atoms with Gasteiger partial charge >= 0.3 is 6.03 Å². The van der Waals surface area contributed by atoms with Crippen LogP contribution in [0.3, 0.4) is 0 Å². The minimum absolute atomic E-state index is 0.306. The molecule has 2 aromatic heterocycles. The summed E-state index contributed by atoms with van der Waals surface area (Å²) in [4.78, 5) is 28.4. The van der Waals surface area contributed by atoms with E-state index in [1.165, 1.54) is 11.3 Å². The average Bonchev–Trinajstić information content (AvgIpc) is 3.33. The molecule has 34 heavy (non-hydrogen) atoms. The van der Waals surface area contributed by atoms with Crippen molar-refractivity contribution in [3.63, 3.8) is 0 Å². The number of thiazole rings is 1. The maximum Gasteiger partial charge on any atom is 0.321 e. The standard InChI is InChI=1S/C24H31N7O2S/c1-16-17(13-26-21(28-16)31-11-9-25-10-12-31)14-27-22(32)30-23-29-20(15-34-23)24(2,3)18-5-7-19(33-4)8-6-18/h5-8,13,15,25H,9-12,14H2,1-4H3,(H2,27,29,30,32). The van der Waals surface area contributed by atoms with Crippen molar-refractivity contribution in [2.75, 3.05) is 43.5 Å². The van der Waals surface area contributed by atoms with Crippen LogP contribution in [0.4, 0.5) is 15.9 Å². The molecule has 0 bridgehead atoms. The number of hydrogen-bond donors (Lipinski definition) is 3. The van der Waals surface area contributed by atoms with Crippen molar-refractivity contribution in [1.82, 2.24) is 25.6 Å². The van der Waals surface area contributed by atoms with E-state index in [2.05, 4.69) is 49.6 Å². The molecule has 0 aliphatic carbocycles. The Labute approximate surface area is 204 Å². The third-order valence-corrected chi connectivity index (χ3v) is 6.84. The summed E-state index contributed by atoms with van der Waals surface area (Å²) >= 11 is 1.41. The number of aromatic nitrogens is 3. The normalized spacial score (nSPS) is 14.1. The largest absolute Gasteiger partial charge is 0.497 e. The highest BCUT2D eigenvalue weighted by atomic mass is 32.1. The zero-order valence-electron chi connectivity index (χ0n) is 20.0. The van der Waals surface area contributed by atoms with E-state index in [-0.39, 0.29) is 11.4 Å². The number of carbonyl (C=O) groups excluding carboxylic acids is 1. The van der Waals surface area contributed by atoms with Crippen LogP contribution >= 0.6 is 11.3 Å². The highest BCUT2D eigenvalue weighted by Crippen LogP contribution is 2.34. The number of aryl methyl sites for hydroxylation is 1. The van der Waals surface area contributed by atoms with Gasteiger partial charge in [0, 0.05) is 61.0 Å². The quantitative estimate of drug-likeness (QED) is 0.476. The van der Waals surface area contributed by atoms with E-state index in [9.17, 15) is 4.79 Å². The van der Waals surface area contributed by atoms with Crippen molar-refractivity contribution in [2.24, 2.45) is 0 Å². The van der Waals surface area contributed by atoms with Crippen molar-refractivity contribution >= 4 is 28.4 Å². The molecule has 1 fully saturated rings. The molecule has 10 heteroatoms. The predicted octanol–water partition coefficient (Wildman–Crippen LogP) is 3.31. The van der Waals surface area contributed by atoms with Gasteiger partial charge in [-0.25, -0.2) is 19.7 Å². The van der Waals surface area contributed by atoms with E-state index in [0.29, 0.717) is 11.7 Å². The van der Waals surface area contributed by atoms with Gasteiger partial charge in [-0.3, -0.25) is 5.32 Å². The number of methoxy groups -OCH3 is 1. The molecule has 0 spiro atoms. The Balaban J connectivity index is 1.34. The van der Waals surface area contributed by atoms with E-state index in [1.54, 1.807) is 13.3 Å². The third kappa shape index (κ3) is 5.45. The van der Waals surface area contributed by atoms with Crippen LogP contribution in [0.15, 0.2) is 35.8 Å². The predicted molar refractivity (Wildman–Crippen MR) is 135 cm³/mol. The van der Waals surface area contributed by atoms with Gasteiger partial charge in [-0.2, -0.15) is 0 Å². The molecule has 1 aromatic carbocycles. The fourth-order valence-corrected chi connectivity index (χ4v) is 4.63. The molecule has 3 heterocycles. The van der Waals surface area contributed by atoms with E-state index in [1.807, 2.05) is 36.6 Å². The number of ether oxygens (including phenoxy) is 1. The highest BCUT2D eigenvalue weighted by Gasteiger charge is 2.26. The second-order valence-corrected chi connectivity index (χ2v) is 9.57. The molecule has 180 valence electrons. The summed E-state index contributed by atoms with van der Waals surface area (Å²) in [5.41, 5.74) is 3.45. The van der Waals surface area contributed by atoms with E-state index >= 15 is 0 Å². The molecule has 4 rings (SSSR count). The lowest BCUT2D eigenvalue weighted by atomic mass is 9.82. The van der Waals surface area contributed by atoms with Crippen LogP contribution in [0.25, 0.3) is 0 Å². The summed E-state index contributed by atoms with van der Waals surface area (Å²) in [5.74, 6) is 1.55. The fourth-order valence-electron chi connectivity index (χ4n) is 3.76. The number of urea groups is 1. The Bertz CT molecular complexity index is 1120. The lowest BCUT2D eigenvalue weighted by molar-refractivity contribution is 0.251. The topological polar surface area (TPSA) is 104 Å². The Morgan fingerprint density at radius 1 is 1.21 bits per heavy atom. The van der Waals surface area contributed by atoms with Crippen molar-refractivity contribution in [1.29, 1.82) is 0 Å². The number of benzene rings is 1. The second-order valence-electron chi connectivity index (χ2n) is 8.72. The molecule has 3 aromatic rings. The van der Waals surface area contributed by atoms with Crippen molar-refractivity contribution in [3.8, 4) is 5.75 Å². The minimum Gasteiger partial charge on any atom is -0.497 e. The molecule has 0 unspecified atom stereocenters. The number of hydrogen-bond acceptors (Lipinski definition) is 8. The first-order valence-electron chi connectivity index (χ1n) is 11.3. The van der Waals surface area contributed by atoms with Crippen LogP contribution in [0.1, 0.15) is 36.4 Å². The number of anilines is 2. The molecule has 2 amide bonds. The number of nitrogens with zero attached hydrogens (tertiary/aromatic N) is 4. The van der Waals surface area contributed by atoms with Gasteiger partial charge in [-0.1, -0.05) is 26.0 Å². The van der Waals surface area contributed by atoms with Crippen LogP contribution in [0, 0.1) is 6.92 Å². The molecule has 0 atom stereocenters. The molecule has 9 nitrogen and oxygen atoms in total.